The highest BCUT2D eigenvalue weighted by molar-refractivity contribution is 5.24. The lowest BCUT2D eigenvalue weighted by Gasteiger charge is -2.36. The van der Waals surface area contributed by atoms with Crippen LogP contribution >= 0.6 is 0 Å². The van der Waals surface area contributed by atoms with Crippen molar-refractivity contribution in [1.29, 1.82) is 0 Å². The summed E-state index contributed by atoms with van der Waals surface area (Å²) in [6.45, 7) is 3.85. The van der Waals surface area contributed by atoms with Gasteiger partial charge in [0.25, 0.3) is 0 Å². The van der Waals surface area contributed by atoms with Crippen LogP contribution in [0.3, 0.4) is 0 Å². The van der Waals surface area contributed by atoms with Gasteiger partial charge in [-0.1, -0.05) is 60.7 Å². The molecule has 0 bridgehead atoms. The van der Waals surface area contributed by atoms with E-state index < -0.39 is 5.79 Å². The number of rotatable bonds is 2. The van der Waals surface area contributed by atoms with Gasteiger partial charge in [-0.05, 0) is 25.0 Å². The molecule has 0 radical (unpaired) electrons. The van der Waals surface area contributed by atoms with Crippen LogP contribution in [0.4, 0.5) is 0 Å². The average molecular weight is 312 g/mol. The first-order valence-electron chi connectivity index (χ1n) is 7.92. The van der Waals surface area contributed by atoms with E-state index in [0.717, 1.165) is 11.1 Å². The Bertz CT molecular complexity index is 598. The van der Waals surface area contributed by atoms with Crippen LogP contribution in [0.15, 0.2) is 60.7 Å². The summed E-state index contributed by atoms with van der Waals surface area (Å²) >= 11 is 0. The summed E-state index contributed by atoms with van der Waals surface area (Å²) in [7, 11) is 0. The second-order valence-electron chi connectivity index (χ2n) is 6.42. The number of hydrogen-bond acceptors (Lipinski definition) is 4. The Morgan fingerprint density at radius 1 is 0.652 bits per heavy atom. The summed E-state index contributed by atoms with van der Waals surface area (Å²) in [6, 6.07) is 20.0. The highest BCUT2D eigenvalue weighted by Gasteiger charge is 2.53. The highest BCUT2D eigenvalue weighted by atomic mass is 17.2. The van der Waals surface area contributed by atoms with E-state index in [2.05, 4.69) is 0 Å². The van der Waals surface area contributed by atoms with Crippen molar-refractivity contribution < 1.29 is 19.2 Å². The van der Waals surface area contributed by atoms with Crippen LogP contribution in [0, 0.1) is 0 Å². The maximum absolute atomic E-state index is 6.14. The largest absolute Gasteiger partial charge is 0.341 e. The standard InChI is InChI=1S/C19H20O4/c1-19(2)20-17-15(13-9-5-3-6-10-13)22-23-16(18(17)21-19)14-11-7-4-8-12-14/h3-12,15-18H,1-2H3/t15-,16+,17-,18+. The van der Waals surface area contributed by atoms with Crippen LogP contribution in [0.2, 0.25) is 0 Å². The Morgan fingerprint density at radius 3 is 1.43 bits per heavy atom. The lowest BCUT2D eigenvalue weighted by atomic mass is 9.93. The molecule has 120 valence electrons. The molecular weight excluding hydrogens is 292 g/mol. The molecule has 23 heavy (non-hydrogen) atoms. The molecule has 0 saturated carbocycles. The lowest BCUT2D eigenvalue weighted by molar-refractivity contribution is -0.407. The van der Waals surface area contributed by atoms with E-state index in [4.69, 9.17) is 19.2 Å². The Hall–Kier alpha value is -1.72. The van der Waals surface area contributed by atoms with Crippen molar-refractivity contribution in [3.05, 3.63) is 71.8 Å². The minimum Gasteiger partial charge on any atom is -0.341 e. The van der Waals surface area contributed by atoms with Gasteiger partial charge in [-0.25, -0.2) is 9.78 Å². The SMILES string of the molecule is CC1(C)O[C@@H]2[C@H](O1)[C@@H](c1ccccc1)OO[C@H]2c1ccccc1. The molecule has 2 aromatic rings. The summed E-state index contributed by atoms with van der Waals surface area (Å²) in [5.41, 5.74) is 2.05. The molecule has 0 unspecified atom stereocenters. The van der Waals surface area contributed by atoms with E-state index in [1.807, 2.05) is 74.5 Å². The molecule has 4 heteroatoms. The van der Waals surface area contributed by atoms with Gasteiger partial charge in [-0.15, -0.1) is 0 Å². The van der Waals surface area contributed by atoms with Gasteiger partial charge in [0.2, 0.25) is 0 Å². The van der Waals surface area contributed by atoms with Gasteiger partial charge in [-0.3, -0.25) is 0 Å². The number of fused-ring (bicyclic) bond motifs is 1. The molecule has 2 aromatic carbocycles. The Balaban J connectivity index is 1.67. The van der Waals surface area contributed by atoms with Crippen LogP contribution in [-0.4, -0.2) is 18.0 Å². The summed E-state index contributed by atoms with van der Waals surface area (Å²) in [4.78, 5) is 11.5. The molecule has 2 aliphatic heterocycles. The first kappa shape index (κ1) is 14.8. The summed E-state index contributed by atoms with van der Waals surface area (Å²) < 4.78 is 12.3. The summed E-state index contributed by atoms with van der Waals surface area (Å²) in [5, 5.41) is 0. The minimum absolute atomic E-state index is 0.216. The quantitative estimate of drug-likeness (QED) is 0.787. The third-order valence-electron chi connectivity index (χ3n) is 4.28. The van der Waals surface area contributed by atoms with E-state index in [0.29, 0.717) is 0 Å². The fraction of sp³-hybridized carbons (Fsp3) is 0.368. The maximum Gasteiger partial charge on any atom is 0.164 e. The van der Waals surface area contributed by atoms with Gasteiger partial charge in [0.1, 0.15) is 24.4 Å². The molecule has 0 spiro atoms. The van der Waals surface area contributed by atoms with Gasteiger partial charge in [0.15, 0.2) is 5.79 Å². The molecule has 4 nitrogen and oxygen atoms in total. The zero-order chi connectivity index (χ0) is 15.9. The van der Waals surface area contributed by atoms with Crippen molar-refractivity contribution in [2.75, 3.05) is 0 Å². The molecular formula is C19H20O4. The number of hydrogen-bond donors (Lipinski definition) is 0. The Morgan fingerprint density at radius 2 is 1.04 bits per heavy atom. The van der Waals surface area contributed by atoms with E-state index in [1.165, 1.54) is 0 Å². The van der Waals surface area contributed by atoms with E-state index in [-0.39, 0.29) is 24.4 Å². The summed E-state index contributed by atoms with van der Waals surface area (Å²) in [5.74, 6) is -0.660. The maximum atomic E-state index is 6.14. The van der Waals surface area contributed by atoms with Gasteiger partial charge >= 0.3 is 0 Å². The van der Waals surface area contributed by atoms with Gasteiger partial charge in [0, 0.05) is 0 Å². The van der Waals surface area contributed by atoms with E-state index in [9.17, 15) is 0 Å². The molecule has 0 N–H and O–H groups in total. The van der Waals surface area contributed by atoms with Crippen molar-refractivity contribution in [3.8, 4) is 0 Å². The predicted octanol–water partition coefficient (Wildman–Crippen LogP) is 3.95. The third kappa shape index (κ3) is 2.79. The van der Waals surface area contributed by atoms with Crippen molar-refractivity contribution in [3.63, 3.8) is 0 Å². The molecule has 2 heterocycles. The molecule has 4 atom stereocenters. The van der Waals surface area contributed by atoms with E-state index in [1.54, 1.807) is 0 Å². The molecule has 2 fully saturated rings. The van der Waals surface area contributed by atoms with Crippen LogP contribution in [-0.2, 0) is 19.2 Å². The molecule has 4 rings (SSSR count). The smallest absolute Gasteiger partial charge is 0.164 e. The number of benzene rings is 2. The third-order valence-corrected chi connectivity index (χ3v) is 4.28. The van der Waals surface area contributed by atoms with Crippen molar-refractivity contribution in [2.24, 2.45) is 0 Å². The van der Waals surface area contributed by atoms with Gasteiger partial charge < -0.3 is 9.47 Å². The van der Waals surface area contributed by atoms with Crippen molar-refractivity contribution in [1.82, 2.24) is 0 Å². The monoisotopic (exact) mass is 312 g/mol. The molecule has 2 saturated heterocycles. The average Bonchev–Trinajstić information content (AvgIpc) is 2.90. The number of ether oxygens (including phenoxy) is 2. The Labute approximate surface area is 135 Å². The van der Waals surface area contributed by atoms with Crippen LogP contribution in [0.5, 0.6) is 0 Å². The topological polar surface area (TPSA) is 36.9 Å². The normalized spacial score (nSPS) is 32.4. The first-order chi connectivity index (χ1) is 11.1. The van der Waals surface area contributed by atoms with Gasteiger partial charge in [0.05, 0.1) is 0 Å². The minimum atomic E-state index is -0.660. The molecule has 2 aliphatic rings. The fourth-order valence-electron chi connectivity index (χ4n) is 3.29. The summed E-state index contributed by atoms with van der Waals surface area (Å²) in [6.07, 6.45) is -1.04. The molecule has 0 aromatic heterocycles. The van der Waals surface area contributed by atoms with Crippen molar-refractivity contribution >= 4 is 0 Å². The second-order valence-corrected chi connectivity index (χ2v) is 6.42. The predicted molar refractivity (Wildman–Crippen MR) is 84.4 cm³/mol. The molecule has 0 aliphatic carbocycles. The van der Waals surface area contributed by atoms with Gasteiger partial charge in [-0.2, -0.15) is 0 Å². The molecule has 0 amide bonds. The highest BCUT2D eigenvalue weighted by Crippen LogP contribution is 2.47. The zero-order valence-corrected chi connectivity index (χ0v) is 13.2. The first-order valence-corrected chi connectivity index (χ1v) is 7.92. The van der Waals surface area contributed by atoms with Crippen molar-refractivity contribution in [2.45, 2.75) is 44.1 Å². The van der Waals surface area contributed by atoms with Crippen LogP contribution < -0.4 is 0 Å². The lowest BCUT2D eigenvalue weighted by Crippen LogP contribution is -2.41. The van der Waals surface area contributed by atoms with Crippen LogP contribution in [0.1, 0.15) is 37.2 Å². The zero-order valence-electron chi connectivity index (χ0n) is 13.2. The van der Waals surface area contributed by atoms with Crippen LogP contribution in [0.25, 0.3) is 0 Å². The Kier molecular flexibility index (Phi) is 3.70. The second kappa shape index (κ2) is 5.73. The van der Waals surface area contributed by atoms with E-state index >= 15 is 0 Å². The fourth-order valence-corrected chi connectivity index (χ4v) is 3.29.